The largest absolute Gasteiger partial charge is 0.412 e. The molecule has 4 rings (SSSR count). The van der Waals surface area contributed by atoms with Crippen LogP contribution in [0.4, 0.5) is 10.1 Å². The number of piperazine rings is 1. The third-order valence-corrected chi connectivity index (χ3v) is 4.67. The van der Waals surface area contributed by atoms with Crippen LogP contribution in [0.25, 0.3) is 11.5 Å². The second kappa shape index (κ2) is 7.36. The monoisotopic (exact) mass is 386 g/mol. The van der Waals surface area contributed by atoms with Crippen LogP contribution < -0.4 is 4.90 Å². The van der Waals surface area contributed by atoms with Gasteiger partial charge in [-0.1, -0.05) is 29.8 Å². The third kappa shape index (κ3) is 3.64. The van der Waals surface area contributed by atoms with Crippen molar-refractivity contribution in [3.05, 3.63) is 65.3 Å². The van der Waals surface area contributed by atoms with Gasteiger partial charge in [0.1, 0.15) is 5.82 Å². The smallest absolute Gasteiger partial charge is 0.311 e. The first-order valence-corrected chi connectivity index (χ1v) is 8.88. The Morgan fingerprint density at radius 3 is 2.56 bits per heavy atom. The number of halogens is 2. The number of hydrogen-bond donors (Lipinski definition) is 0. The predicted octanol–water partition coefficient (Wildman–Crippen LogP) is 3.49. The highest BCUT2D eigenvalue weighted by atomic mass is 35.5. The van der Waals surface area contributed by atoms with E-state index in [2.05, 4.69) is 10.2 Å². The molecule has 0 aliphatic carbocycles. The van der Waals surface area contributed by atoms with E-state index in [1.165, 1.54) is 6.07 Å². The minimum atomic E-state index is -0.330. The number of nitrogens with zero attached hydrogens (tertiary/aromatic N) is 4. The van der Waals surface area contributed by atoms with Crippen molar-refractivity contribution in [2.24, 2.45) is 0 Å². The molecule has 6 nitrogen and oxygen atoms in total. The summed E-state index contributed by atoms with van der Waals surface area (Å²) < 4.78 is 19.4. The Bertz CT molecular complexity index is 970. The Kier molecular flexibility index (Phi) is 4.77. The van der Waals surface area contributed by atoms with Crippen molar-refractivity contribution in [1.29, 1.82) is 0 Å². The van der Waals surface area contributed by atoms with Crippen molar-refractivity contribution in [2.75, 3.05) is 31.1 Å². The van der Waals surface area contributed by atoms with E-state index in [9.17, 15) is 9.18 Å². The average Bonchev–Trinajstić information content (AvgIpc) is 3.18. The normalized spacial score (nSPS) is 14.4. The number of anilines is 1. The van der Waals surface area contributed by atoms with Gasteiger partial charge in [-0.2, -0.15) is 0 Å². The molecule has 0 atom stereocenters. The van der Waals surface area contributed by atoms with Crippen molar-refractivity contribution >= 4 is 23.2 Å². The summed E-state index contributed by atoms with van der Waals surface area (Å²) in [5.41, 5.74) is 1.20. The molecule has 3 aromatic rings. The van der Waals surface area contributed by atoms with Crippen molar-refractivity contribution in [2.45, 2.75) is 0 Å². The van der Waals surface area contributed by atoms with Gasteiger partial charge in [-0.25, -0.2) is 4.39 Å². The minimum absolute atomic E-state index is 0.0654. The Morgan fingerprint density at radius 2 is 1.81 bits per heavy atom. The molecule has 0 unspecified atom stereocenters. The van der Waals surface area contributed by atoms with Crippen LogP contribution in [0.3, 0.4) is 0 Å². The van der Waals surface area contributed by atoms with Gasteiger partial charge >= 0.3 is 11.8 Å². The number of hydrogen-bond acceptors (Lipinski definition) is 5. The maximum atomic E-state index is 13.9. The molecule has 0 N–H and O–H groups in total. The van der Waals surface area contributed by atoms with E-state index in [-0.39, 0.29) is 23.5 Å². The number of benzene rings is 2. The van der Waals surface area contributed by atoms with Crippen LogP contribution in [-0.2, 0) is 0 Å². The summed E-state index contributed by atoms with van der Waals surface area (Å²) in [6.45, 7) is 1.95. The number of para-hydroxylation sites is 1. The van der Waals surface area contributed by atoms with Gasteiger partial charge in [0.25, 0.3) is 0 Å². The molecule has 138 valence electrons. The first kappa shape index (κ1) is 17.5. The lowest BCUT2D eigenvalue weighted by Crippen LogP contribution is -2.49. The van der Waals surface area contributed by atoms with Crippen LogP contribution in [0, 0.1) is 5.82 Å². The van der Waals surface area contributed by atoms with E-state index < -0.39 is 0 Å². The van der Waals surface area contributed by atoms with Gasteiger partial charge in [-0.3, -0.25) is 4.79 Å². The molecule has 1 aliphatic rings. The predicted molar refractivity (Wildman–Crippen MR) is 99.3 cm³/mol. The second-order valence-electron chi connectivity index (χ2n) is 6.15. The summed E-state index contributed by atoms with van der Waals surface area (Å²) in [5, 5.41) is 8.34. The Labute approximate surface area is 160 Å². The minimum Gasteiger partial charge on any atom is -0.412 e. The molecule has 0 radical (unpaired) electrons. The van der Waals surface area contributed by atoms with Crippen LogP contribution in [0.2, 0.25) is 5.02 Å². The fourth-order valence-corrected chi connectivity index (χ4v) is 3.23. The molecule has 1 amide bonds. The number of amides is 1. The summed E-state index contributed by atoms with van der Waals surface area (Å²) in [5.74, 6) is -0.417. The fourth-order valence-electron chi connectivity index (χ4n) is 3.04. The molecule has 0 spiro atoms. The van der Waals surface area contributed by atoms with Crippen molar-refractivity contribution < 1.29 is 13.6 Å². The van der Waals surface area contributed by atoms with E-state index in [0.717, 1.165) is 0 Å². The van der Waals surface area contributed by atoms with Crippen molar-refractivity contribution in [1.82, 2.24) is 15.1 Å². The molecule has 1 saturated heterocycles. The first-order valence-electron chi connectivity index (χ1n) is 8.50. The van der Waals surface area contributed by atoms with Gasteiger partial charge < -0.3 is 14.2 Å². The highest BCUT2D eigenvalue weighted by molar-refractivity contribution is 6.30. The van der Waals surface area contributed by atoms with E-state index in [0.29, 0.717) is 42.5 Å². The van der Waals surface area contributed by atoms with Crippen LogP contribution >= 0.6 is 11.6 Å². The topological polar surface area (TPSA) is 62.5 Å². The lowest BCUT2D eigenvalue weighted by atomic mass is 10.2. The first-order chi connectivity index (χ1) is 13.1. The van der Waals surface area contributed by atoms with Gasteiger partial charge in [0.2, 0.25) is 5.89 Å². The highest BCUT2D eigenvalue weighted by Gasteiger charge is 2.27. The van der Waals surface area contributed by atoms with Crippen LogP contribution in [0.5, 0.6) is 0 Å². The van der Waals surface area contributed by atoms with E-state index >= 15 is 0 Å². The van der Waals surface area contributed by atoms with Crippen LogP contribution in [0.1, 0.15) is 10.7 Å². The van der Waals surface area contributed by atoms with E-state index in [1.807, 2.05) is 4.90 Å². The zero-order chi connectivity index (χ0) is 18.8. The van der Waals surface area contributed by atoms with Gasteiger partial charge in [-0.15, -0.1) is 10.2 Å². The zero-order valence-electron chi connectivity index (χ0n) is 14.3. The summed E-state index contributed by atoms with van der Waals surface area (Å²) in [6.07, 6.45) is 0. The lowest BCUT2D eigenvalue weighted by molar-refractivity contribution is 0.0707. The second-order valence-corrected chi connectivity index (χ2v) is 6.59. The standard InChI is InChI=1S/C19H16ClFN4O2/c20-14-5-3-4-13(12-14)17-22-23-18(27-17)19(26)25-10-8-24(9-11-25)16-7-2-1-6-15(16)21/h1-7,12H,8-11H2. The highest BCUT2D eigenvalue weighted by Crippen LogP contribution is 2.23. The molecule has 1 aliphatic heterocycles. The molecular weight excluding hydrogens is 371 g/mol. The molecule has 1 aromatic heterocycles. The third-order valence-electron chi connectivity index (χ3n) is 4.44. The average molecular weight is 387 g/mol. The summed E-state index contributed by atoms with van der Waals surface area (Å²) >= 11 is 5.96. The zero-order valence-corrected chi connectivity index (χ0v) is 15.1. The number of rotatable bonds is 3. The molecule has 2 aromatic carbocycles. The number of aromatic nitrogens is 2. The lowest BCUT2D eigenvalue weighted by Gasteiger charge is -2.35. The maximum absolute atomic E-state index is 13.9. The Hall–Kier alpha value is -2.93. The van der Waals surface area contributed by atoms with Gasteiger partial charge in [0.15, 0.2) is 0 Å². The fraction of sp³-hybridized carbons (Fsp3) is 0.211. The SMILES string of the molecule is O=C(c1nnc(-c2cccc(Cl)c2)o1)N1CCN(c2ccccc2F)CC1. The molecule has 1 fully saturated rings. The van der Waals surface area contributed by atoms with Crippen LogP contribution in [0.15, 0.2) is 52.9 Å². The van der Waals surface area contributed by atoms with Gasteiger partial charge in [0.05, 0.1) is 5.69 Å². The summed E-state index contributed by atoms with van der Waals surface area (Å²) in [6, 6.07) is 13.6. The quantitative estimate of drug-likeness (QED) is 0.689. The van der Waals surface area contributed by atoms with Crippen molar-refractivity contribution in [3.8, 4) is 11.5 Å². The summed E-state index contributed by atoms with van der Waals surface area (Å²) in [7, 11) is 0. The molecule has 2 heterocycles. The molecule has 27 heavy (non-hydrogen) atoms. The Morgan fingerprint density at radius 1 is 1.04 bits per heavy atom. The molecule has 8 heteroatoms. The Balaban J connectivity index is 1.43. The molecule has 0 bridgehead atoms. The van der Waals surface area contributed by atoms with Gasteiger partial charge in [0, 0.05) is 36.8 Å². The van der Waals surface area contributed by atoms with E-state index in [1.54, 1.807) is 47.4 Å². The van der Waals surface area contributed by atoms with Crippen LogP contribution in [-0.4, -0.2) is 47.2 Å². The van der Waals surface area contributed by atoms with Gasteiger partial charge in [-0.05, 0) is 30.3 Å². The molecular formula is C19H16ClFN4O2. The molecule has 0 saturated carbocycles. The number of carbonyl (C=O) groups excluding carboxylic acids is 1. The number of carbonyl (C=O) groups is 1. The van der Waals surface area contributed by atoms with Crippen molar-refractivity contribution in [3.63, 3.8) is 0 Å². The summed E-state index contributed by atoms with van der Waals surface area (Å²) in [4.78, 5) is 16.2. The van der Waals surface area contributed by atoms with E-state index in [4.69, 9.17) is 16.0 Å². The maximum Gasteiger partial charge on any atom is 0.311 e.